The van der Waals surface area contributed by atoms with Gasteiger partial charge < -0.3 is 15.8 Å². The highest BCUT2D eigenvalue weighted by molar-refractivity contribution is 7.98. The Balaban J connectivity index is 1.93. The summed E-state index contributed by atoms with van der Waals surface area (Å²) in [6.07, 6.45) is 4.08. The first-order valence-corrected chi connectivity index (χ1v) is 7.98. The number of para-hydroxylation sites is 1. The molecule has 104 valence electrons. The van der Waals surface area contributed by atoms with Crippen LogP contribution in [0.4, 0.5) is 0 Å². The van der Waals surface area contributed by atoms with Gasteiger partial charge in [-0.25, -0.2) is 0 Å². The van der Waals surface area contributed by atoms with Crippen molar-refractivity contribution in [2.45, 2.75) is 18.9 Å². The van der Waals surface area contributed by atoms with E-state index in [9.17, 15) is 0 Å². The van der Waals surface area contributed by atoms with Gasteiger partial charge in [-0.1, -0.05) is 18.2 Å². The van der Waals surface area contributed by atoms with E-state index in [1.807, 2.05) is 30.0 Å². The van der Waals surface area contributed by atoms with Crippen LogP contribution in [0.15, 0.2) is 29.3 Å². The van der Waals surface area contributed by atoms with E-state index in [2.05, 4.69) is 22.6 Å². The van der Waals surface area contributed by atoms with Crippen molar-refractivity contribution in [2.75, 3.05) is 25.2 Å². The van der Waals surface area contributed by atoms with Crippen LogP contribution in [0.1, 0.15) is 24.4 Å². The zero-order chi connectivity index (χ0) is 13.5. The number of hydrogen-bond donors (Lipinski definition) is 2. The molecular formula is C14H21N3OS. The molecule has 0 amide bonds. The van der Waals surface area contributed by atoms with Crippen molar-refractivity contribution in [3.8, 4) is 5.75 Å². The SMILES string of the molecule is CSCCCN=C(N)NC1CCOc2ccccc21. The summed E-state index contributed by atoms with van der Waals surface area (Å²) in [6, 6.07) is 8.28. The quantitative estimate of drug-likeness (QED) is 0.493. The van der Waals surface area contributed by atoms with Gasteiger partial charge in [-0.2, -0.15) is 11.8 Å². The van der Waals surface area contributed by atoms with Gasteiger partial charge in [0.25, 0.3) is 0 Å². The first-order valence-electron chi connectivity index (χ1n) is 6.58. The Morgan fingerprint density at radius 1 is 1.53 bits per heavy atom. The molecule has 1 aromatic carbocycles. The van der Waals surface area contributed by atoms with Gasteiger partial charge in [0, 0.05) is 18.5 Å². The predicted molar refractivity (Wildman–Crippen MR) is 81.9 cm³/mol. The Hall–Kier alpha value is -1.36. The summed E-state index contributed by atoms with van der Waals surface area (Å²) in [5.74, 6) is 2.60. The molecule has 3 N–H and O–H groups in total. The Bertz CT molecular complexity index is 436. The van der Waals surface area contributed by atoms with E-state index >= 15 is 0 Å². The second-order valence-electron chi connectivity index (χ2n) is 4.49. The average molecular weight is 279 g/mol. The van der Waals surface area contributed by atoms with Gasteiger partial charge in [0.15, 0.2) is 5.96 Å². The minimum absolute atomic E-state index is 0.203. The normalized spacial score (nSPS) is 18.6. The lowest BCUT2D eigenvalue weighted by Gasteiger charge is -2.26. The van der Waals surface area contributed by atoms with Crippen molar-refractivity contribution < 1.29 is 4.74 Å². The fraction of sp³-hybridized carbons (Fsp3) is 0.500. The third-order valence-corrected chi connectivity index (χ3v) is 3.77. The fourth-order valence-electron chi connectivity index (χ4n) is 2.12. The van der Waals surface area contributed by atoms with Crippen molar-refractivity contribution in [3.05, 3.63) is 29.8 Å². The average Bonchev–Trinajstić information content (AvgIpc) is 2.44. The van der Waals surface area contributed by atoms with Crippen LogP contribution in [-0.4, -0.2) is 31.1 Å². The summed E-state index contributed by atoms with van der Waals surface area (Å²) in [7, 11) is 0. The summed E-state index contributed by atoms with van der Waals surface area (Å²) >= 11 is 1.83. The predicted octanol–water partition coefficient (Wildman–Crippen LogP) is 2.17. The molecule has 19 heavy (non-hydrogen) atoms. The lowest BCUT2D eigenvalue weighted by atomic mass is 10.0. The highest BCUT2D eigenvalue weighted by atomic mass is 32.2. The Labute approximate surface area is 118 Å². The molecule has 0 fully saturated rings. The topological polar surface area (TPSA) is 59.6 Å². The number of aliphatic imine (C=N–C) groups is 1. The van der Waals surface area contributed by atoms with Crippen LogP contribution in [-0.2, 0) is 0 Å². The molecule has 1 aliphatic rings. The van der Waals surface area contributed by atoms with Gasteiger partial charge in [-0.05, 0) is 24.5 Å². The zero-order valence-electron chi connectivity index (χ0n) is 11.3. The van der Waals surface area contributed by atoms with E-state index in [1.165, 1.54) is 0 Å². The van der Waals surface area contributed by atoms with Crippen LogP contribution in [0.3, 0.4) is 0 Å². The van der Waals surface area contributed by atoms with Crippen LogP contribution < -0.4 is 15.8 Å². The zero-order valence-corrected chi connectivity index (χ0v) is 12.1. The fourth-order valence-corrected chi connectivity index (χ4v) is 2.54. The second kappa shape index (κ2) is 7.28. The molecule has 0 aliphatic carbocycles. The third kappa shape index (κ3) is 4.06. The van der Waals surface area contributed by atoms with E-state index in [0.29, 0.717) is 12.6 Å². The van der Waals surface area contributed by atoms with Gasteiger partial charge in [0.05, 0.1) is 12.6 Å². The third-order valence-electron chi connectivity index (χ3n) is 3.07. The van der Waals surface area contributed by atoms with Crippen molar-refractivity contribution >= 4 is 17.7 Å². The molecule has 0 bridgehead atoms. The number of nitrogens with two attached hydrogens (primary N) is 1. The van der Waals surface area contributed by atoms with Crippen LogP contribution in [0.2, 0.25) is 0 Å². The maximum absolute atomic E-state index is 5.94. The molecule has 1 atom stereocenters. The molecule has 1 heterocycles. The minimum Gasteiger partial charge on any atom is -0.493 e. The highest BCUT2D eigenvalue weighted by Crippen LogP contribution is 2.31. The number of benzene rings is 1. The summed E-state index contributed by atoms with van der Waals surface area (Å²) in [5, 5.41) is 3.29. The maximum Gasteiger partial charge on any atom is 0.189 e. The van der Waals surface area contributed by atoms with E-state index < -0.39 is 0 Å². The monoisotopic (exact) mass is 279 g/mol. The second-order valence-corrected chi connectivity index (χ2v) is 5.47. The van der Waals surface area contributed by atoms with Crippen molar-refractivity contribution in [1.29, 1.82) is 0 Å². The lowest BCUT2D eigenvalue weighted by molar-refractivity contribution is 0.262. The highest BCUT2D eigenvalue weighted by Gasteiger charge is 2.20. The molecule has 2 rings (SSSR count). The molecular weight excluding hydrogens is 258 g/mol. The van der Waals surface area contributed by atoms with Gasteiger partial charge >= 0.3 is 0 Å². The molecule has 0 saturated heterocycles. The van der Waals surface area contributed by atoms with Crippen LogP contribution in [0.25, 0.3) is 0 Å². The van der Waals surface area contributed by atoms with Crippen LogP contribution in [0, 0.1) is 0 Å². The number of hydrogen-bond acceptors (Lipinski definition) is 3. The molecule has 0 saturated carbocycles. The minimum atomic E-state index is 0.203. The van der Waals surface area contributed by atoms with E-state index in [4.69, 9.17) is 10.5 Å². The van der Waals surface area contributed by atoms with Crippen molar-refractivity contribution in [1.82, 2.24) is 5.32 Å². The molecule has 0 spiro atoms. The summed E-state index contributed by atoms with van der Waals surface area (Å²) in [6.45, 7) is 1.50. The van der Waals surface area contributed by atoms with E-state index in [-0.39, 0.29) is 6.04 Å². The number of rotatable bonds is 5. The van der Waals surface area contributed by atoms with E-state index in [0.717, 1.165) is 36.5 Å². The summed E-state index contributed by atoms with van der Waals surface area (Å²) in [5.41, 5.74) is 7.10. The van der Waals surface area contributed by atoms with Gasteiger partial charge in [0.1, 0.15) is 5.75 Å². The first-order chi connectivity index (χ1) is 9.31. The smallest absolute Gasteiger partial charge is 0.189 e. The van der Waals surface area contributed by atoms with Crippen molar-refractivity contribution in [2.24, 2.45) is 10.7 Å². The number of nitrogens with one attached hydrogen (secondary N) is 1. The summed E-state index contributed by atoms with van der Waals surface area (Å²) < 4.78 is 5.62. The number of nitrogens with zero attached hydrogens (tertiary/aromatic N) is 1. The molecule has 1 aromatic rings. The molecule has 1 unspecified atom stereocenters. The Kier molecular flexibility index (Phi) is 5.39. The number of guanidine groups is 1. The van der Waals surface area contributed by atoms with Crippen LogP contribution in [0.5, 0.6) is 5.75 Å². The molecule has 0 radical (unpaired) electrons. The Morgan fingerprint density at radius 2 is 2.37 bits per heavy atom. The maximum atomic E-state index is 5.94. The lowest BCUT2D eigenvalue weighted by Crippen LogP contribution is -2.37. The molecule has 5 heteroatoms. The van der Waals surface area contributed by atoms with Gasteiger partial charge in [-0.3, -0.25) is 4.99 Å². The number of thioether (sulfide) groups is 1. The van der Waals surface area contributed by atoms with Gasteiger partial charge in [-0.15, -0.1) is 0 Å². The first kappa shape index (κ1) is 14.1. The molecule has 1 aliphatic heterocycles. The summed E-state index contributed by atoms with van der Waals surface area (Å²) in [4.78, 5) is 4.36. The number of ether oxygens (including phenoxy) is 1. The van der Waals surface area contributed by atoms with Crippen molar-refractivity contribution in [3.63, 3.8) is 0 Å². The van der Waals surface area contributed by atoms with Gasteiger partial charge in [0.2, 0.25) is 0 Å². The van der Waals surface area contributed by atoms with E-state index in [1.54, 1.807) is 0 Å². The Morgan fingerprint density at radius 3 is 3.21 bits per heavy atom. The number of fused-ring (bicyclic) bond motifs is 1. The standard InChI is InChI=1S/C14H21N3OS/c1-19-10-4-8-16-14(15)17-12-7-9-18-13-6-3-2-5-11(12)13/h2-3,5-6,12H,4,7-10H2,1H3,(H3,15,16,17). The molecule has 4 nitrogen and oxygen atoms in total. The molecule has 0 aromatic heterocycles. The largest absolute Gasteiger partial charge is 0.493 e. The van der Waals surface area contributed by atoms with Crippen LogP contribution >= 0.6 is 11.8 Å².